The predicted molar refractivity (Wildman–Crippen MR) is 46.9 cm³/mol. The van der Waals surface area contributed by atoms with Gasteiger partial charge in [0.05, 0.1) is 0 Å². The van der Waals surface area contributed by atoms with E-state index in [1.54, 1.807) is 0 Å². The van der Waals surface area contributed by atoms with Gasteiger partial charge in [-0.15, -0.1) is 0 Å². The molecular weight excluding hydrogens is 176 g/mol. The Kier molecular flexibility index (Phi) is 5.69. The van der Waals surface area contributed by atoms with Crippen LogP contribution < -0.4 is 0 Å². The summed E-state index contributed by atoms with van der Waals surface area (Å²) in [5, 5.41) is 0. The minimum absolute atomic E-state index is 1.04. The van der Waals surface area contributed by atoms with E-state index in [1.807, 2.05) is 0 Å². The molecule has 4 N–H and O–H groups in total. The molecule has 5 heteroatoms. The Morgan fingerprint density at radius 1 is 0.917 bits per heavy atom. The van der Waals surface area contributed by atoms with Gasteiger partial charge in [-0.25, -0.2) is 0 Å². The Balaban J connectivity index is 0.000000217. The molecule has 12 heavy (non-hydrogen) atoms. The fourth-order valence-corrected chi connectivity index (χ4v) is 1.31. The van der Waals surface area contributed by atoms with E-state index in [1.165, 1.54) is 32.1 Å². The molecule has 1 fully saturated rings. The van der Waals surface area contributed by atoms with E-state index in [9.17, 15) is 0 Å². The van der Waals surface area contributed by atoms with Crippen LogP contribution in [0.4, 0.5) is 0 Å². The van der Waals surface area contributed by atoms with E-state index in [-0.39, 0.29) is 0 Å². The lowest BCUT2D eigenvalue weighted by Gasteiger charge is -2.15. The zero-order valence-electron chi connectivity index (χ0n) is 7.40. The SMILES string of the molecule is CC1CCCCC1.O[Si](O)(O)O. The summed E-state index contributed by atoms with van der Waals surface area (Å²) in [6.45, 7) is 2.36. The monoisotopic (exact) mass is 194 g/mol. The van der Waals surface area contributed by atoms with E-state index in [2.05, 4.69) is 6.92 Å². The lowest BCUT2D eigenvalue weighted by atomic mass is 9.91. The van der Waals surface area contributed by atoms with Crippen molar-refractivity contribution in [2.75, 3.05) is 0 Å². The molecule has 4 nitrogen and oxygen atoms in total. The van der Waals surface area contributed by atoms with Crippen molar-refractivity contribution in [3.05, 3.63) is 0 Å². The second-order valence-corrected chi connectivity index (χ2v) is 4.54. The van der Waals surface area contributed by atoms with Crippen LogP contribution >= 0.6 is 0 Å². The van der Waals surface area contributed by atoms with Gasteiger partial charge in [0.2, 0.25) is 0 Å². The van der Waals surface area contributed by atoms with Crippen LogP contribution in [0.3, 0.4) is 0 Å². The molecule has 0 aromatic heterocycles. The second kappa shape index (κ2) is 5.66. The molecule has 0 atom stereocenters. The highest BCUT2D eigenvalue weighted by atomic mass is 28.4. The quantitative estimate of drug-likeness (QED) is 0.408. The van der Waals surface area contributed by atoms with Gasteiger partial charge >= 0.3 is 9.05 Å². The molecule has 0 aliphatic heterocycles. The molecule has 0 radical (unpaired) electrons. The third kappa shape index (κ3) is 12.7. The molecule has 1 aliphatic rings. The van der Waals surface area contributed by atoms with Gasteiger partial charge in [0, 0.05) is 0 Å². The molecule has 0 saturated heterocycles. The smallest absolute Gasteiger partial charge is 0.368 e. The second-order valence-electron chi connectivity index (χ2n) is 3.34. The summed E-state index contributed by atoms with van der Waals surface area (Å²) in [4.78, 5) is 29.3. The van der Waals surface area contributed by atoms with Crippen LogP contribution in [0.2, 0.25) is 0 Å². The van der Waals surface area contributed by atoms with Crippen LogP contribution in [0, 0.1) is 5.92 Å². The largest absolute Gasteiger partial charge is 0.668 e. The highest BCUT2D eigenvalue weighted by Gasteiger charge is 2.22. The summed E-state index contributed by atoms with van der Waals surface area (Å²) in [5.74, 6) is 1.04. The fourth-order valence-electron chi connectivity index (χ4n) is 1.31. The van der Waals surface area contributed by atoms with Crippen LogP contribution in [-0.2, 0) is 0 Å². The molecule has 1 saturated carbocycles. The highest BCUT2D eigenvalue weighted by Crippen LogP contribution is 2.21. The van der Waals surface area contributed by atoms with Gasteiger partial charge < -0.3 is 19.2 Å². The number of hydrogen-bond donors (Lipinski definition) is 4. The predicted octanol–water partition coefficient (Wildman–Crippen LogP) is -0.0222. The Labute approximate surface area is 74.0 Å². The zero-order chi connectivity index (χ0) is 9.61. The Hall–Kier alpha value is 0.0569. The van der Waals surface area contributed by atoms with Crippen LogP contribution in [0.15, 0.2) is 0 Å². The van der Waals surface area contributed by atoms with Crippen molar-refractivity contribution in [1.29, 1.82) is 0 Å². The number of rotatable bonds is 0. The first kappa shape index (κ1) is 12.1. The Bertz CT molecular complexity index is 100. The Morgan fingerprint density at radius 2 is 1.25 bits per heavy atom. The standard InChI is InChI=1S/C7H14.H4O4Si/c1-7-5-3-2-4-6-7;1-5(2,3)4/h7H,2-6H2,1H3;1-4H. The van der Waals surface area contributed by atoms with Crippen molar-refractivity contribution < 1.29 is 19.2 Å². The summed E-state index contributed by atoms with van der Waals surface area (Å²) in [7, 11) is -4.61. The first-order chi connectivity index (χ1) is 5.39. The molecular formula is C7H18O4Si. The van der Waals surface area contributed by atoms with Crippen molar-refractivity contribution >= 4 is 9.05 Å². The minimum atomic E-state index is -4.61. The van der Waals surface area contributed by atoms with E-state index in [0.717, 1.165) is 5.92 Å². The molecule has 0 aromatic rings. The van der Waals surface area contributed by atoms with E-state index in [0.29, 0.717) is 0 Å². The van der Waals surface area contributed by atoms with E-state index in [4.69, 9.17) is 19.2 Å². The maximum absolute atomic E-state index is 7.33. The molecule has 1 rings (SSSR count). The maximum Gasteiger partial charge on any atom is 0.668 e. The molecule has 0 amide bonds. The van der Waals surface area contributed by atoms with Gasteiger partial charge in [0.15, 0.2) is 0 Å². The Morgan fingerprint density at radius 3 is 1.42 bits per heavy atom. The van der Waals surface area contributed by atoms with Crippen LogP contribution in [0.5, 0.6) is 0 Å². The van der Waals surface area contributed by atoms with Gasteiger partial charge in [-0.1, -0.05) is 39.0 Å². The molecule has 0 unspecified atom stereocenters. The van der Waals surface area contributed by atoms with Crippen LogP contribution in [0.25, 0.3) is 0 Å². The topological polar surface area (TPSA) is 80.9 Å². The molecule has 74 valence electrons. The third-order valence-corrected chi connectivity index (χ3v) is 1.89. The molecule has 0 bridgehead atoms. The average molecular weight is 194 g/mol. The van der Waals surface area contributed by atoms with Crippen molar-refractivity contribution in [2.45, 2.75) is 39.0 Å². The fraction of sp³-hybridized carbons (Fsp3) is 1.00. The van der Waals surface area contributed by atoms with Crippen LogP contribution in [-0.4, -0.2) is 28.2 Å². The maximum atomic E-state index is 7.33. The summed E-state index contributed by atoms with van der Waals surface area (Å²) >= 11 is 0. The van der Waals surface area contributed by atoms with Crippen molar-refractivity contribution in [1.82, 2.24) is 0 Å². The summed E-state index contributed by atoms with van der Waals surface area (Å²) < 4.78 is 0. The molecule has 0 aromatic carbocycles. The average Bonchev–Trinajstić information content (AvgIpc) is 1.85. The van der Waals surface area contributed by atoms with Gasteiger partial charge in [0.25, 0.3) is 0 Å². The lowest BCUT2D eigenvalue weighted by molar-refractivity contribution is 0.117. The zero-order valence-corrected chi connectivity index (χ0v) is 8.40. The van der Waals surface area contributed by atoms with Gasteiger partial charge in [0.1, 0.15) is 0 Å². The van der Waals surface area contributed by atoms with E-state index < -0.39 is 9.05 Å². The van der Waals surface area contributed by atoms with Crippen molar-refractivity contribution in [3.63, 3.8) is 0 Å². The normalized spacial score (nSPS) is 19.8. The summed E-state index contributed by atoms with van der Waals surface area (Å²) in [6, 6.07) is 0. The number of hydrogen-bond acceptors (Lipinski definition) is 4. The van der Waals surface area contributed by atoms with Gasteiger partial charge in [-0.3, -0.25) is 0 Å². The van der Waals surface area contributed by atoms with Crippen molar-refractivity contribution in [2.24, 2.45) is 5.92 Å². The van der Waals surface area contributed by atoms with Crippen LogP contribution in [0.1, 0.15) is 39.0 Å². The highest BCUT2D eigenvalue weighted by molar-refractivity contribution is 6.46. The van der Waals surface area contributed by atoms with Gasteiger partial charge in [-0.05, 0) is 5.92 Å². The van der Waals surface area contributed by atoms with E-state index >= 15 is 0 Å². The summed E-state index contributed by atoms with van der Waals surface area (Å²) in [5.41, 5.74) is 0. The van der Waals surface area contributed by atoms with Gasteiger partial charge in [-0.2, -0.15) is 0 Å². The lowest BCUT2D eigenvalue weighted by Crippen LogP contribution is -2.33. The molecule has 0 heterocycles. The molecule has 1 aliphatic carbocycles. The molecule has 0 spiro atoms. The first-order valence-electron chi connectivity index (χ1n) is 4.29. The first-order valence-corrected chi connectivity index (χ1v) is 6.08. The third-order valence-electron chi connectivity index (χ3n) is 1.89. The van der Waals surface area contributed by atoms with Crippen molar-refractivity contribution in [3.8, 4) is 0 Å². The summed E-state index contributed by atoms with van der Waals surface area (Å²) in [6.07, 6.45) is 7.44. The minimum Gasteiger partial charge on any atom is -0.368 e.